The quantitative estimate of drug-likeness (QED) is 0.566. The first-order valence-corrected chi connectivity index (χ1v) is 4.27. The molecule has 12 heavy (non-hydrogen) atoms. The number of rotatable bonds is 7. The van der Waals surface area contributed by atoms with Crippen molar-refractivity contribution in [3.8, 4) is 0 Å². The zero-order valence-corrected chi connectivity index (χ0v) is 7.66. The molecule has 3 nitrogen and oxygen atoms in total. The molecular weight excluding hydrogens is 154 g/mol. The molecule has 0 saturated heterocycles. The van der Waals surface area contributed by atoms with E-state index in [0.29, 0.717) is 13.0 Å². The maximum atomic E-state index is 9.41. The summed E-state index contributed by atoms with van der Waals surface area (Å²) in [6, 6.07) is 0. The molecule has 0 bridgehead atoms. The van der Waals surface area contributed by atoms with Crippen LogP contribution in [-0.4, -0.2) is 34.8 Å². The third-order valence-electron chi connectivity index (χ3n) is 1.54. The lowest BCUT2D eigenvalue weighted by Crippen LogP contribution is -2.30. The highest BCUT2D eigenvalue weighted by molar-refractivity contribution is 4.83. The van der Waals surface area contributed by atoms with Gasteiger partial charge in [-0.25, -0.2) is 0 Å². The van der Waals surface area contributed by atoms with Crippen LogP contribution in [0.25, 0.3) is 0 Å². The highest BCUT2D eigenvalue weighted by Gasteiger charge is 2.13. The minimum absolute atomic E-state index is 0.0107. The summed E-state index contributed by atoms with van der Waals surface area (Å²) in [6.45, 7) is 7.07. The first-order valence-electron chi connectivity index (χ1n) is 4.27. The Morgan fingerprint density at radius 1 is 1.58 bits per heavy atom. The van der Waals surface area contributed by atoms with Gasteiger partial charge in [0.05, 0.1) is 0 Å². The summed E-state index contributed by atoms with van der Waals surface area (Å²) >= 11 is 0. The minimum atomic E-state index is -0.0107. The van der Waals surface area contributed by atoms with Crippen LogP contribution in [-0.2, 0) is 0 Å². The SMILES string of the molecule is C=CCN(CCC)[C](O)CCO. The van der Waals surface area contributed by atoms with Gasteiger partial charge in [-0.1, -0.05) is 13.0 Å². The van der Waals surface area contributed by atoms with Gasteiger partial charge < -0.3 is 10.2 Å². The molecule has 71 valence electrons. The molecule has 0 fully saturated rings. The maximum Gasteiger partial charge on any atom is 0.163 e. The van der Waals surface area contributed by atoms with Gasteiger partial charge in [-0.2, -0.15) is 0 Å². The van der Waals surface area contributed by atoms with Crippen molar-refractivity contribution in [1.29, 1.82) is 0 Å². The van der Waals surface area contributed by atoms with E-state index in [0.717, 1.165) is 13.0 Å². The van der Waals surface area contributed by atoms with Crippen molar-refractivity contribution in [2.24, 2.45) is 0 Å². The number of aliphatic hydroxyl groups excluding tert-OH is 2. The first-order chi connectivity index (χ1) is 5.76. The number of aliphatic hydroxyl groups is 2. The molecular formula is C9H18NO2. The number of nitrogens with zero attached hydrogens (tertiary/aromatic N) is 1. The summed E-state index contributed by atoms with van der Waals surface area (Å²) in [6.07, 6.45) is 3.29. The summed E-state index contributed by atoms with van der Waals surface area (Å²) in [5.74, 6) is 0. The third kappa shape index (κ3) is 4.49. The van der Waals surface area contributed by atoms with E-state index in [1.807, 2.05) is 11.8 Å². The van der Waals surface area contributed by atoms with Gasteiger partial charge in [0, 0.05) is 26.1 Å². The van der Waals surface area contributed by atoms with Gasteiger partial charge in [-0.3, -0.25) is 4.90 Å². The largest absolute Gasteiger partial charge is 0.396 e. The molecule has 0 aromatic carbocycles. The lowest BCUT2D eigenvalue weighted by molar-refractivity contribution is 0.0950. The normalized spacial score (nSPS) is 11.1. The molecule has 0 heterocycles. The highest BCUT2D eigenvalue weighted by atomic mass is 16.3. The summed E-state index contributed by atoms with van der Waals surface area (Å²) < 4.78 is 0. The topological polar surface area (TPSA) is 43.7 Å². The van der Waals surface area contributed by atoms with Crippen LogP contribution in [0.3, 0.4) is 0 Å². The average Bonchev–Trinajstić information content (AvgIpc) is 2.04. The van der Waals surface area contributed by atoms with Crippen molar-refractivity contribution in [2.45, 2.75) is 19.8 Å². The van der Waals surface area contributed by atoms with Crippen molar-refractivity contribution >= 4 is 0 Å². The van der Waals surface area contributed by atoms with Gasteiger partial charge >= 0.3 is 0 Å². The Kier molecular flexibility index (Phi) is 7.05. The summed E-state index contributed by atoms with van der Waals surface area (Å²) in [5, 5.41) is 18.0. The van der Waals surface area contributed by atoms with Gasteiger partial charge in [0.1, 0.15) is 0 Å². The molecule has 0 unspecified atom stereocenters. The van der Waals surface area contributed by atoms with Crippen LogP contribution in [0.2, 0.25) is 0 Å². The van der Waals surface area contributed by atoms with Gasteiger partial charge in [-0.15, -0.1) is 6.58 Å². The minimum Gasteiger partial charge on any atom is -0.396 e. The fourth-order valence-electron chi connectivity index (χ4n) is 1.01. The zero-order valence-electron chi connectivity index (χ0n) is 7.66. The Balaban J connectivity index is 3.80. The second-order valence-corrected chi connectivity index (χ2v) is 2.62. The average molecular weight is 172 g/mol. The predicted octanol–water partition coefficient (Wildman–Crippen LogP) is 1.13. The Morgan fingerprint density at radius 3 is 2.67 bits per heavy atom. The van der Waals surface area contributed by atoms with Crippen molar-refractivity contribution in [2.75, 3.05) is 19.7 Å². The first kappa shape index (κ1) is 11.6. The fraction of sp³-hybridized carbons (Fsp3) is 0.667. The van der Waals surface area contributed by atoms with E-state index in [2.05, 4.69) is 6.58 Å². The third-order valence-corrected chi connectivity index (χ3v) is 1.54. The van der Waals surface area contributed by atoms with Crippen LogP contribution in [0.1, 0.15) is 19.8 Å². The molecule has 0 aliphatic carbocycles. The highest BCUT2D eigenvalue weighted by Crippen LogP contribution is 2.08. The molecule has 1 radical (unpaired) electrons. The van der Waals surface area contributed by atoms with E-state index >= 15 is 0 Å². The lowest BCUT2D eigenvalue weighted by atomic mass is 10.3. The van der Waals surface area contributed by atoms with Crippen molar-refractivity contribution < 1.29 is 10.2 Å². The van der Waals surface area contributed by atoms with E-state index < -0.39 is 0 Å². The van der Waals surface area contributed by atoms with Gasteiger partial charge in [0.2, 0.25) is 0 Å². The molecule has 0 aromatic heterocycles. The van der Waals surface area contributed by atoms with Gasteiger partial charge in [0.25, 0.3) is 0 Å². The van der Waals surface area contributed by atoms with Crippen LogP contribution >= 0.6 is 0 Å². The van der Waals surface area contributed by atoms with E-state index in [1.54, 1.807) is 6.08 Å². The maximum absolute atomic E-state index is 9.41. The van der Waals surface area contributed by atoms with Crippen LogP contribution in [0.15, 0.2) is 12.7 Å². The smallest absolute Gasteiger partial charge is 0.163 e. The van der Waals surface area contributed by atoms with Crippen LogP contribution in [0.5, 0.6) is 0 Å². The van der Waals surface area contributed by atoms with Gasteiger partial charge in [0.15, 0.2) is 6.23 Å². The zero-order chi connectivity index (χ0) is 9.40. The Morgan fingerprint density at radius 2 is 2.25 bits per heavy atom. The molecule has 0 atom stereocenters. The Hall–Kier alpha value is -0.380. The van der Waals surface area contributed by atoms with Crippen LogP contribution < -0.4 is 0 Å². The van der Waals surface area contributed by atoms with Crippen LogP contribution in [0.4, 0.5) is 0 Å². The standard InChI is InChI=1S/C9H18NO2/c1-3-6-10(7-4-2)9(12)5-8-11/h3,11-12H,1,4-8H2,2H3. The molecule has 3 heteroatoms. The predicted molar refractivity (Wildman–Crippen MR) is 48.9 cm³/mol. The molecule has 0 spiro atoms. The van der Waals surface area contributed by atoms with E-state index in [4.69, 9.17) is 5.11 Å². The van der Waals surface area contributed by atoms with E-state index in [9.17, 15) is 5.11 Å². The molecule has 0 aromatic rings. The molecule has 0 saturated carbocycles. The Bertz CT molecular complexity index is 117. The molecule has 0 aliphatic rings. The monoisotopic (exact) mass is 172 g/mol. The molecule has 0 rings (SSSR count). The van der Waals surface area contributed by atoms with Crippen LogP contribution in [0, 0.1) is 6.23 Å². The molecule has 2 N–H and O–H groups in total. The summed E-state index contributed by atoms with van der Waals surface area (Å²) in [5.41, 5.74) is 0. The Labute approximate surface area is 74.3 Å². The van der Waals surface area contributed by atoms with Crippen molar-refractivity contribution in [3.63, 3.8) is 0 Å². The van der Waals surface area contributed by atoms with Crippen molar-refractivity contribution in [3.05, 3.63) is 18.9 Å². The van der Waals surface area contributed by atoms with Crippen molar-refractivity contribution in [1.82, 2.24) is 4.90 Å². The summed E-state index contributed by atoms with van der Waals surface area (Å²) in [7, 11) is 0. The fourth-order valence-corrected chi connectivity index (χ4v) is 1.01. The number of hydrogen-bond acceptors (Lipinski definition) is 3. The lowest BCUT2D eigenvalue weighted by Gasteiger charge is -2.23. The second-order valence-electron chi connectivity index (χ2n) is 2.62. The molecule has 0 amide bonds. The molecule has 0 aliphatic heterocycles. The second kappa shape index (κ2) is 7.28. The summed E-state index contributed by atoms with van der Waals surface area (Å²) in [4.78, 5) is 1.81. The van der Waals surface area contributed by atoms with E-state index in [-0.39, 0.29) is 12.8 Å². The van der Waals surface area contributed by atoms with Gasteiger partial charge in [-0.05, 0) is 6.42 Å². The number of hydrogen-bond donors (Lipinski definition) is 2. The van der Waals surface area contributed by atoms with E-state index in [1.165, 1.54) is 0 Å².